The van der Waals surface area contributed by atoms with Gasteiger partial charge in [0.2, 0.25) is 6.79 Å². The Morgan fingerprint density at radius 3 is 2.81 bits per heavy atom. The van der Waals surface area contributed by atoms with Gasteiger partial charge < -0.3 is 19.4 Å². The molecule has 1 N–H and O–H groups in total. The molecule has 140 valence electrons. The highest BCUT2D eigenvalue weighted by atomic mass is 16.7. The van der Waals surface area contributed by atoms with Crippen molar-refractivity contribution >= 4 is 12.0 Å². The van der Waals surface area contributed by atoms with E-state index < -0.39 is 5.91 Å². The number of aryl methyl sites for hydroxylation is 1. The van der Waals surface area contributed by atoms with E-state index in [-0.39, 0.29) is 12.4 Å². The number of hydrogen-bond acceptors (Lipinski definition) is 4. The number of rotatable bonds is 6. The van der Waals surface area contributed by atoms with Crippen LogP contribution in [0.3, 0.4) is 0 Å². The molecule has 1 aliphatic rings. The topological polar surface area (TPSA) is 76.3 Å². The summed E-state index contributed by atoms with van der Waals surface area (Å²) in [5.74, 6) is 0.974. The van der Waals surface area contributed by atoms with E-state index in [9.17, 15) is 10.1 Å². The summed E-state index contributed by atoms with van der Waals surface area (Å²) in [6.07, 6.45) is 2.68. The van der Waals surface area contributed by atoms with E-state index in [2.05, 4.69) is 16.8 Å². The zero-order chi connectivity index (χ0) is 19.4. The van der Waals surface area contributed by atoms with Crippen molar-refractivity contribution in [1.82, 2.24) is 9.88 Å². The smallest absolute Gasteiger partial charge is 0.262 e. The molecule has 0 aliphatic carbocycles. The fraction of sp³-hybridized carbons (Fsp3) is 0.333. The first kappa shape index (κ1) is 18.6. The van der Waals surface area contributed by atoms with Crippen molar-refractivity contribution in [2.45, 2.75) is 40.3 Å². The summed E-state index contributed by atoms with van der Waals surface area (Å²) in [7, 11) is 0. The number of aromatic nitrogens is 1. The van der Waals surface area contributed by atoms with Gasteiger partial charge in [-0.05, 0) is 55.7 Å². The predicted molar refractivity (Wildman–Crippen MR) is 102 cm³/mol. The second kappa shape index (κ2) is 8.00. The number of nitrogens with one attached hydrogen (secondary N) is 1. The van der Waals surface area contributed by atoms with Crippen LogP contribution in [0.5, 0.6) is 11.5 Å². The highest BCUT2D eigenvalue weighted by molar-refractivity contribution is 6.01. The number of nitrogens with zero attached hydrogens (tertiary/aromatic N) is 2. The third-order valence-corrected chi connectivity index (χ3v) is 4.61. The zero-order valence-corrected chi connectivity index (χ0v) is 15.8. The largest absolute Gasteiger partial charge is 0.454 e. The molecule has 1 aliphatic heterocycles. The molecule has 6 nitrogen and oxygen atoms in total. The number of carbonyl (C=O) groups excluding carboxylic acids is 1. The highest BCUT2D eigenvalue weighted by Gasteiger charge is 2.15. The number of ether oxygens (including phenoxy) is 2. The minimum atomic E-state index is -0.393. The molecule has 0 radical (unpaired) electrons. The quantitative estimate of drug-likeness (QED) is 0.628. The number of hydrogen-bond donors (Lipinski definition) is 1. The Bertz CT molecular complexity index is 935. The maximum absolute atomic E-state index is 12.4. The zero-order valence-electron chi connectivity index (χ0n) is 15.8. The van der Waals surface area contributed by atoms with Gasteiger partial charge in [0.25, 0.3) is 5.91 Å². The minimum absolute atomic E-state index is 0.0903. The Labute approximate surface area is 159 Å². The normalized spacial score (nSPS) is 12.7. The molecule has 2 heterocycles. The van der Waals surface area contributed by atoms with Crippen LogP contribution in [0.4, 0.5) is 0 Å². The van der Waals surface area contributed by atoms with E-state index in [0.717, 1.165) is 35.5 Å². The summed E-state index contributed by atoms with van der Waals surface area (Å²) in [6.45, 7) is 7.61. The van der Waals surface area contributed by atoms with Crippen LogP contribution in [0.2, 0.25) is 0 Å². The molecule has 0 spiro atoms. The fourth-order valence-electron chi connectivity index (χ4n) is 3.17. The number of benzene rings is 1. The molecule has 3 rings (SSSR count). The lowest BCUT2D eigenvalue weighted by Gasteiger charge is -2.07. The van der Waals surface area contributed by atoms with Gasteiger partial charge in [-0.25, -0.2) is 0 Å². The van der Waals surface area contributed by atoms with Gasteiger partial charge in [-0.2, -0.15) is 5.26 Å². The Morgan fingerprint density at radius 2 is 2.07 bits per heavy atom. The molecule has 1 amide bonds. The first-order valence-corrected chi connectivity index (χ1v) is 8.98. The minimum Gasteiger partial charge on any atom is -0.454 e. The molecule has 0 atom stereocenters. The molecule has 0 saturated heterocycles. The lowest BCUT2D eigenvalue weighted by atomic mass is 10.1. The van der Waals surface area contributed by atoms with Gasteiger partial charge in [0, 0.05) is 24.5 Å². The molecule has 0 saturated carbocycles. The van der Waals surface area contributed by atoms with Gasteiger partial charge in [0.1, 0.15) is 11.6 Å². The van der Waals surface area contributed by atoms with E-state index in [1.165, 1.54) is 0 Å². The second-order valence-electron chi connectivity index (χ2n) is 6.52. The molecule has 27 heavy (non-hydrogen) atoms. The molecule has 0 bridgehead atoms. The van der Waals surface area contributed by atoms with E-state index in [1.807, 2.05) is 44.2 Å². The third kappa shape index (κ3) is 3.98. The first-order valence-electron chi connectivity index (χ1n) is 8.98. The van der Waals surface area contributed by atoms with E-state index in [0.29, 0.717) is 18.0 Å². The van der Waals surface area contributed by atoms with Gasteiger partial charge in [0.15, 0.2) is 11.5 Å². The summed E-state index contributed by atoms with van der Waals surface area (Å²) in [5.41, 5.74) is 4.05. The third-order valence-electron chi connectivity index (χ3n) is 4.61. The molecule has 1 aromatic heterocycles. The van der Waals surface area contributed by atoms with Gasteiger partial charge >= 0.3 is 0 Å². The highest BCUT2D eigenvalue weighted by Crippen LogP contribution is 2.32. The van der Waals surface area contributed by atoms with Crippen molar-refractivity contribution in [2.75, 3.05) is 6.79 Å². The summed E-state index contributed by atoms with van der Waals surface area (Å²) >= 11 is 0. The summed E-state index contributed by atoms with van der Waals surface area (Å²) < 4.78 is 12.8. The van der Waals surface area contributed by atoms with Crippen LogP contribution in [-0.4, -0.2) is 17.3 Å². The SMILES string of the molecule is CCCn1c(C)cc(/C=C(\C#N)C(=O)NCc2ccc3c(c2)OCO3)c1C. The van der Waals surface area contributed by atoms with Crippen LogP contribution >= 0.6 is 0 Å². The molecular formula is C21H23N3O3. The Morgan fingerprint density at radius 1 is 1.30 bits per heavy atom. The van der Waals surface area contributed by atoms with Crippen LogP contribution in [0.25, 0.3) is 6.08 Å². The summed E-state index contributed by atoms with van der Waals surface area (Å²) in [5, 5.41) is 12.2. The number of carbonyl (C=O) groups is 1. The molecular weight excluding hydrogens is 342 g/mol. The van der Waals surface area contributed by atoms with Crippen molar-refractivity contribution in [3.05, 3.63) is 52.4 Å². The molecule has 2 aromatic rings. The Kier molecular flexibility index (Phi) is 5.51. The average molecular weight is 365 g/mol. The van der Waals surface area contributed by atoms with Crippen molar-refractivity contribution in [2.24, 2.45) is 0 Å². The number of nitriles is 1. The molecule has 1 aromatic carbocycles. The maximum Gasteiger partial charge on any atom is 0.262 e. The van der Waals surface area contributed by atoms with E-state index in [1.54, 1.807) is 6.08 Å². The number of fused-ring (bicyclic) bond motifs is 1. The number of amides is 1. The Balaban J connectivity index is 1.72. The van der Waals surface area contributed by atoms with Crippen molar-refractivity contribution < 1.29 is 14.3 Å². The van der Waals surface area contributed by atoms with Gasteiger partial charge in [0.05, 0.1) is 0 Å². The predicted octanol–water partition coefficient (Wildman–Crippen LogP) is 3.47. The Hall–Kier alpha value is -3.20. The van der Waals surface area contributed by atoms with Crippen molar-refractivity contribution in [1.29, 1.82) is 5.26 Å². The molecule has 6 heteroatoms. The van der Waals surface area contributed by atoms with Crippen LogP contribution in [-0.2, 0) is 17.9 Å². The first-order chi connectivity index (χ1) is 13.0. The molecule has 0 unspecified atom stereocenters. The van der Waals surface area contributed by atoms with E-state index >= 15 is 0 Å². The maximum atomic E-state index is 12.4. The van der Waals surface area contributed by atoms with Crippen LogP contribution in [0, 0.1) is 25.2 Å². The summed E-state index contributed by atoms with van der Waals surface area (Å²) in [4.78, 5) is 12.4. The van der Waals surface area contributed by atoms with Crippen LogP contribution in [0.15, 0.2) is 29.8 Å². The standard InChI is InChI=1S/C21H23N3O3/c1-4-7-24-14(2)8-17(15(24)3)10-18(11-22)21(25)23-12-16-5-6-19-20(9-16)27-13-26-19/h5-6,8-10H,4,7,12-13H2,1-3H3,(H,23,25)/b18-10+. The summed E-state index contributed by atoms with van der Waals surface area (Å²) in [6, 6.07) is 9.52. The monoisotopic (exact) mass is 365 g/mol. The van der Waals surface area contributed by atoms with Gasteiger partial charge in [-0.1, -0.05) is 13.0 Å². The van der Waals surface area contributed by atoms with Gasteiger partial charge in [-0.3, -0.25) is 4.79 Å². The van der Waals surface area contributed by atoms with Crippen molar-refractivity contribution in [3.8, 4) is 17.6 Å². The lowest BCUT2D eigenvalue weighted by Crippen LogP contribution is -2.23. The van der Waals surface area contributed by atoms with Crippen LogP contribution in [0.1, 0.15) is 35.9 Å². The van der Waals surface area contributed by atoms with Crippen LogP contribution < -0.4 is 14.8 Å². The molecule has 0 fully saturated rings. The van der Waals surface area contributed by atoms with Gasteiger partial charge in [-0.15, -0.1) is 0 Å². The second-order valence-corrected chi connectivity index (χ2v) is 6.52. The lowest BCUT2D eigenvalue weighted by molar-refractivity contribution is -0.117. The van der Waals surface area contributed by atoms with E-state index in [4.69, 9.17) is 9.47 Å². The fourth-order valence-corrected chi connectivity index (χ4v) is 3.17. The van der Waals surface area contributed by atoms with Crippen molar-refractivity contribution in [3.63, 3.8) is 0 Å². The average Bonchev–Trinajstić information content (AvgIpc) is 3.23.